The van der Waals surface area contributed by atoms with Crippen LogP contribution in [0.3, 0.4) is 0 Å². The Morgan fingerprint density at radius 3 is 2.83 bits per heavy atom. The molecule has 0 radical (unpaired) electrons. The zero-order valence-electron chi connectivity index (χ0n) is 9.32. The van der Waals surface area contributed by atoms with Crippen molar-refractivity contribution in [2.75, 3.05) is 5.32 Å². The Hall–Kier alpha value is -1.10. The lowest BCUT2D eigenvalue weighted by Gasteiger charge is -2.03. The van der Waals surface area contributed by atoms with E-state index in [2.05, 4.69) is 10.3 Å². The standard InChI is InChI=1S/C12H10Cl2N2OS/c13-9-3-1-8(7-10(9)14)2-4-11(17)16-12-15-5-6-18-12/h1,3,5-7H,2,4H2,(H,15,16,17). The summed E-state index contributed by atoms with van der Waals surface area (Å²) in [6.45, 7) is 0. The highest BCUT2D eigenvalue weighted by molar-refractivity contribution is 7.13. The van der Waals surface area contributed by atoms with Crippen molar-refractivity contribution in [2.24, 2.45) is 0 Å². The van der Waals surface area contributed by atoms with Gasteiger partial charge >= 0.3 is 0 Å². The third kappa shape index (κ3) is 3.70. The maximum Gasteiger partial charge on any atom is 0.226 e. The Morgan fingerprint density at radius 2 is 2.17 bits per heavy atom. The monoisotopic (exact) mass is 300 g/mol. The van der Waals surface area contributed by atoms with Gasteiger partial charge < -0.3 is 5.32 Å². The Labute approximate surface area is 119 Å². The van der Waals surface area contributed by atoms with Crippen LogP contribution in [0.2, 0.25) is 10.0 Å². The number of halogens is 2. The van der Waals surface area contributed by atoms with E-state index in [9.17, 15) is 4.79 Å². The second-order valence-corrected chi connectivity index (χ2v) is 5.34. The van der Waals surface area contributed by atoms with E-state index in [0.29, 0.717) is 28.0 Å². The van der Waals surface area contributed by atoms with Crippen molar-refractivity contribution in [3.63, 3.8) is 0 Å². The van der Waals surface area contributed by atoms with Crippen LogP contribution in [0.15, 0.2) is 29.8 Å². The largest absolute Gasteiger partial charge is 0.302 e. The molecule has 1 N–H and O–H groups in total. The van der Waals surface area contributed by atoms with Gasteiger partial charge in [-0.1, -0.05) is 29.3 Å². The average molecular weight is 301 g/mol. The number of carbonyl (C=O) groups is 1. The van der Waals surface area contributed by atoms with Gasteiger partial charge in [-0.2, -0.15) is 0 Å². The smallest absolute Gasteiger partial charge is 0.226 e. The number of thiazole rings is 1. The molecule has 94 valence electrons. The summed E-state index contributed by atoms with van der Waals surface area (Å²) in [7, 11) is 0. The van der Waals surface area contributed by atoms with Crippen LogP contribution in [0.5, 0.6) is 0 Å². The van der Waals surface area contributed by atoms with Gasteiger partial charge in [0.1, 0.15) is 0 Å². The lowest BCUT2D eigenvalue weighted by molar-refractivity contribution is -0.116. The molecule has 0 bridgehead atoms. The number of nitrogens with one attached hydrogen (secondary N) is 1. The van der Waals surface area contributed by atoms with Crippen molar-refractivity contribution >= 4 is 45.6 Å². The van der Waals surface area contributed by atoms with Crippen molar-refractivity contribution in [1.29, 1.82) is 0 Å². The maximum atomic E-state index is 11.6. The summed E-state index contributed by atoms with van der Waals surface area (Å²) >= 11 is 13.1. The summed E-state index contributed by atoms with van der Waals surface area (Å²) in [5, 5.41) is 6.19. The van der Waals surface area contributed by atoms with Crippen LogP contribution in [0.1, 0.15) is 12.0 Å². The highest BCUT2D eigenvalue weighted by atomic mass is 35.5. The molecule has 2 rings (SSSR count). The fourth-order valence-corrected chi connectivity index (χ4v) is 2.29. The van der Waals surface area contributed by atoms with E-state index in [1.165, 1.54) is 11.3 Å². The van der Waals surface area contributed by atoms with Crippen LogP contribution >= 0.6 is 34.5 Å². The van der Waals surface area contributed by atoms with E-state index < -0.39 is 0 Å². The fraction of sp³-hybridized carbons (Fsp3) is 0.167. The molecular formula is C12H10Cl2N2OS. The number of carbonyl (C=O) groups excluding carboxylic acids is 1. The van der Waals surface area contributed by atoms with E-state index in [1.54, 1.807) is 18.3 Å². The molecule has 6 heteroatoms. The minimum atomic E-state index is -0.0592. The third-order valence-corrected chi connectivity index (χ3v) is 3.73. The molecule has 0 saturated heterocycles. The summed E-state index contributed by atoms with van der Waals surface area (Å²) in [6.07, 6.45) is 2.66. The number of aryl methyl sites for hydroxylation is 1. The molecule has 0 fully saturated rings. The summed E-state index contributed by atoms with van der Waals surface area (Å²) in [6, 6.07) is 5.38. The molecule has 1 heterocycles. The molecule has 1 amide bonds. The maximum absolute atomic E-state index is 11.6. The van der Waals surface area contributed by atoms with Crippen molar-refractivity contribution in [3.05, 3.63) is 45.4 Å². The van der Waals surface area contributed by atoms with Crippen LogP contribution < -0.4 is 5.32 Å². The first-order chi connectivity index (χ1) is 8.65. The Kier molecular flexibility index (Phi) is 4.58. The lowest BCUT2D eigenvalue weighted by Crippen LogP contribution is -2.11. The lowest BCUT2D eigenvalue weighted by atomic mass is 10.1. The number of amides is 1. The highest BCUT2D eigenvalue weighted by Crippen LogP contribution is 2.23. The molecule has 2 aromatic rings. The van der Waals surface area contributed by atoms with Crippen molar-refractivity contribution in [2.45, 2.75) is 12.8 Å². The molecule has 0 aliphatic heterocycles. The molecule has 0 spiro atoms. The van der Waals surface area contributed by atoms with Crippen LogP contribution in [-0.2, 0) is 11.2 Å². The number of hydrogen-bond acceptors (Lipinski definition) is 3. The molecule has 0 aliphatic carbocycles. The molecule has 0 saturated carbocycles. The second kappa shape index (κ2) is 6.18. The van der Waals surface area contributed by atoms with Gasteiger partial charge in [-0.3, -0.25) is 4.79 Å². The number of benzene rings is 1. The first-order valence-electron chi connectivity index (χ1n) is 5.28. The van der Waals surface area contributed by atoms with Gasteiger partial charge in [0.15, 0.2) is 5.13 Å². The quantitative estimate of drug-likeness (QED) is 0.926. The number of rotatable bonds is 4. The van der Waals surface area contributed by atoms with Crippen LogP contribution in [0.4, 0.5) is 5.13 Å². The van der Waals surface area contributed by atoms with Gasteiger partial charge in [0, 0.05) is 18.0 Å². The van der Waals surface area contributed by atoms with Crippen molar-refractivity contribution < 1.29 is 4.79 Å². The predicted octanol–water partition coefficient (Wildman–Crippen LogP) is 4.02. The molecule has 0 atom stereocenters. The summed E-state index contributed by atoms with van der Waals surface area (Å²) in [5.41, 5.74) is 0.985. The van der Waals surface area contributed by atoms with E-state index >= 15 is 0 Å². The zero-order chi connectivity index (χ0) is 13.0. The Morgan fingerprint density at radius 1 is 1.33 bits per heavy atom. The van der Waals surface area contributed by atoms with Crippen LogP contribution in [0, 0.1) is 0 Å². The summed E-state index contributed by atoms with van der Waals surface area (Å²) in [4.78, 5) is 15.6. The Balaban J connectivity index is 1.87. The van der Waals surface area contributed by atoms with Gasteiger partial charge in [-0.05, 0) is 24.1 Å². The Bertz CT molecular complexity index is 543. The van der Waals surface area contributed by atoms with Gasteiger partial charge in [0.2, 0.25) is 5.91 Å². The molecule has 1 aromatic heterocycles. The van der Waals surface area contributed by atoms with Crippen LogP contribution in [-0.4, -0.2) is 10.9 Å². The number of anilines is 1. The molecule has 0 unspecified atom stereocenters. The van der Waals surface area contributed by atoms with Crippen molar-refractivity contribution in [3.8, 4) is 0 Å². The van der Waals surface area contributed by atoms with Crippen molar-refractivity contribution in [1.82, 2.24) is 4.98 Å². The SMILES string of the molecule is O=C(CCc1ccc(Cl)c(Cl)c1)Nc1nccs1. The second-order valence-electron chi connectivity index (χ2n) is 3.63. The number of hydrogen-bond donors (Lipinski definition) is 1. The van der Waals surface area contributed by atoms with Crippen LogP contribution in [0.25, 0.3) is 0 Å². The predicted molar refractivity (Wildman–Crippen MR) is 75.5 cm³/mol. The summed E-state index contributed by atoms with van der Waals surface area (Å²) < 4.78 is 0. The van der Waals surface area contributed by atoms with Gasteiger partial charge in [-0.15, -0.1) is 11.3 Å². The van der Waals surface area contributed by atoms with E-state index in [1.807, 2.05) is 11.4 Å². The van der Waals surface area contributed by atoms with Gasteiger partial charge in [0.25, 0.3) is 0 Å². The topological polar surface area (TPSA) is 42.0 Å². The average Bonchev–Trinajstić information content (AvgIpc) is 2.83. The normalized spacial score (nSPS) is 10.3. The minimum Gasteiger partial charge on any atom is -0.302 e. The minimum absolute atomic E-state index is 0.0592. The van der Waals surface area contributed by atoms with E-state index in [0.717, 1.165) is 5.56 Å². The molecule has 0 aliphatic rings. The fourth-order valence-electron chi connectivity index (χ4n) is 1.42. The van der Waals surface area contributed by atoms with Gasteiger partial charge in [-0.25, -0.2) is 4.98 Å². The van der Waals surface area contributed by atoms with E-state index in [-0.39, 0.29) is 5.91 Å². The molecule has 18 heavy (non-hydrogen) atoms. The molecule has 3 nitrogen and oxygen atoms in total. The third-order valence-electron chi connectivity index (χ3n) is 2.30. The first kappa shape index (κ1) is 13.3. The first-order valence-corrected chi connectivity index (χ1v) is 6.92. The van der Waals surface area contributed by atoms with Gasteiger partial charge in [0.05, 0.1) is 10.0 Å². The summed E-state index contributed by atoms with van der Waals surface area (Å²) in [5.74, 6) is -0.0592. The number of aromatic nitrogens is 1. The highest BCUT2D eigenvalue weighted by Gasteiger charge is 2.06. The number of nitrogens with zero attached hydrogens (tertiary/aromatic N) is 1. The zero-order valence-corrected chi connectivity index (χ0v) is 11.6. The molecule has 1 aromatic carbocycles. The van der Waals surface area contributed by atoms with E-state index in [4.69, 9.17) is 23.2 Å². The molecular weight excluding hydrogens is 291 g/mol.